The molecule has 1 saturated carbocycles. The quantitative estimate of drug-likeness (QED) is 0.824. The molecule has 1 aliphatic carbocycles. The summed E-state index contributed by atoms with van der Waals surface area (Å²) < 4.78 is 5.78. The minimum Gasteiger partial charge on any atom is -0.490 e. The number of aryl methyl sites for hydroxylation is 1. The van der Waals surface area contributed by atoms with Gasteiger partial charge in [-0.05, 0) is 56.0 Å². The van der Waals surface area contributed by atoms with E-state index < -0.39 is 0 Å². The fourth-order valence-electron chi connectivity index (χ4n) is 2.59. The van der Waals surface area contributed by atoms with Crippen LogP contribution in [-0.2, 0) is 6.42 Å². The zero-order chi connectivity index (χ0) is 14.5. The van der Waals surface area contributed by atoms with Crippen molar-refractivity contribution in [2.75, 3.05) is 7.05 Å². The van der Waals surface area contributed by atoms with Crippen LogP contribution < -0.4 is 10.1 Å². The van der Waals surface area contributed by atoms with E-state index in [1.807, 2.05) is 7.05 Å². The van der Waals surface area contributed by atoms with Crippen LogP contribution in [0.5, 0.6) is 5.75 Å². The number of benzene rings is 2. The fourth-order valence-corrected chi connectivity index (χ4v) is 2.59. The lowest BCUT2D eigenvalue weighted by atomic mass is 9.99. The van der Waals surface area contributed by atoms with Crippen LogP contribution in [0, 0.1) is 0 Å². The van der Waals surface area contributed by atoms with Crippen LogP contribution >= 0.6 is 0 Å². The van der Waals surface area contributed by atoms with Crippen LogP contribution in [0.4, 0.5) is 0 Å². The van der Waals surface area contributed by atoms with Crippen LogP contribution in [-0.4, -0.2) is 13.2 Å². The van der Waals surface area contributed by atoms with E-state index in [9.17, 15) is 0 Å². The third-order valence-corrected chi connectivity index (χ3v) is 4.02. The van der Waals surface area contributed by atoms with Gasteiger partial charge in [0.1, 0.15) is 5.75 Å². The maximum absolute atomic E-state index is 5.78. The van der Waals surface area contributed by atoms with Gasteiger partial charge >= 0.3 is 0 Å². The van der Waals surface area contributed by atoms with E-state index >= 15 is 0 Å². The maximum Gasteiger partial charge on any atom is 0.119 e. The van der Waals surface area contributed by atoms with Crippen molar-refractivity contribution in [1.82, 2.24) is 5.32 Å². The maximum atomic E-state index is 5.78. The molecular formula is C19H23NO. The van der Waals surface area contributed by atoms with Crippen molar-refractivity contribution in [1.29, 1.82) is 0 Å². The Balaban J connectivity index is 1.55. The third-order valence-electron chi connectivity index (χ3n) is 4.02. The van der Waals surface area contributed by atoms with E-state index in [1.54, 1.807) is 0 Å². The zero-order valence-electron chi connectivity index (χ0n) is 12.6. The lowest BCUT2D eigenvalue weighted by molar-refractivity contribution is 0.303. The number of hydrogen-bond donors (Lipinski definition) is 1. The SMILES string of the molecule is CNC(CCc1ccc(OC2CC2)cc1)c1ccccc1. The van der Waals surface area contributed by atoms with Crippen molar-refractivity contribution in [3.05, 3.63) is 65.7 Å². The molecule has 0 aliphatic heterocycles. The van der Waals surface area contributed by atoms with Crippen molar-refractivity contribution in [3.8, 4) is 5.75 Å². The lowest BCUT2D eigenvalue weighted by Gasteiger charge is -2.16. The third kappa shape index (κ3) is 4.08. The van der Waals surface area contributed by atoms with Gasteiger partial charge in [0.2, 0.25) is 0 Å². The minimum absolute atomic E-state index is 0.411. The van der Waals surface area contributed by atoms with Crippen LogP contribution in [0.15, 0.2) is 54.6 Å². The van der Waals surface area contributed by atoms with E-state index in [-0.39, 0.29) is 0 Å². The van der Waals surface area contributed by atoms with Gasteiger partial charge < -0.3 is 10.1 Å². The molecule has 1 unspecified atom stereocenters. The van der Waals surface area contributed by atoms with Gasteiger partial charge in [-0.1, -0.05) is 42.5 Å². The fraction of sp³-hybridized carbons (Fsp3) is 0.368. The lowest BCUT2D eigenvalue weighted by Crippen LogP contribution is -2.16. The molecule has 2 aromatic rings. The molecule has 0 aromatic heterocycles. The summed E-state index contributed by atoms with van der Waals surface area (Å²) in [6.07, 6.45) is 5.07. The second kappa shape index (κ2) is 6.77. The summed E-state index contributed by atoms with van der Waals surface area (Å²) in [5.74, 6) is 1.01. The molecule has 2 aromatic carbocycles. The van der Waals surface area contributed by atoms with Crippen LogP contribution in [0.25, 0.3) is 0 Å². The predicted molar refractivity (Wildman–Crippen MR) is 86.7 cm³/mol. The number of ether oxygens (including phenoxy) is 1. The average Bonchev–Trinajstić information content (AvgIpc) is 3.35. The summed E-state index contributed by atoms with van der Waals surface area (Å²) in [5, 5.41) is 3.41. The van der Waals surface area contributed by atoms with E-state index in [1.165, 1.54) is 24.0 Å². The van der Waals surface area contributed by atoms with Crippen LogP contribution in [0.1, 0.15) is 36.4 Å². The minimum atomic E-state index is 0.411. The Morgan fingerprint density at radius 3 is 2.38 bits per heavy atom. The van der Waals surface area contributed by atoms with Crippen molar-refractivity contribution in [3.63, 3.8) is 0 Å². The monoisotopic (exact) mass is 281 g/mol. The van der Waals surface area contributed by atoms with E-state index in [0.29, 0.717) is 12.1 Å². The normalized spacial score (nSPS) is 15.7. The van der Waals surface area contributed by atoms with Crippen LogP contribution in [0.2, 0.25) is 0 Å². The molecule has 21 heavy (non-hydrogen) atoms. The highest BCUT2D eigenvalue weighted by Gasteiger charge is 2.23. The van der Waals surface area contributed by atoms with Crippen LogP contribution in [0.3, 0.4) is 0 Å². The summed E-state index contributed by atoms with van der Waals surface area (Å²) in [7, 11) is 2.03. The molecule has 0 spiro atoms. The molecule has 1 N–H and O–H groups in total. The number of nitrogens with one attached hydrogen (secondary N) is 1. The number of rotatable bonds is 7. The molecular weight excluding hydrogens is 258 g/mol. The van der Waals surface area contributed by atoms with Crippen molar-refractivity contribution >= 4 is 0 Å². The second-order valence-electron chi connectivity index (χ2n) is 5.75. The highest BCUT2D eigenvalue weighted by Crippen LogP contribution is 2.27. The molecule has 1 aliphatic rings. The highest BCUT2D eigenvalue weighted by molar-refractivity contribution is 5.28. The largest absolute Gasteiger partial charge is 0.490 e. The Kier molecular flexibility index (Phi) is 4.56. The Bertz CT molecular complexity index is 546. The second-order valence-corrected chi connectivity index (χ2v) is 5.75. The van der Waals surface area contributed by atoms with E-state index in [0.717, 1.165) is 18.6 Å². The van der Waals surface area contributed by atoms with Gasteiger partial charge in [0.05, 0.1) is 6.10 Å². The zero-order valence-corrected chi connectivity index (χ0v) is 12.6. The van der Waals surface area contributed by atoms with Crippen molar-refractivity contribution < 1.29 is 4.74 Å². The van der Waals surface area contributed by atoms with E-state index in [2.05, 4.69) is 59.9 Å². The molecule has 0 radical (unpaired) electrons. The molecule has 0 bridgehead atoms. The van der Waals surface area contributed by atoms with Gasteiger partial charge in [-0.3, -0.25) is 0 Å². The first-order valence-electron chi connectivity index (χ1n) is 7.83. The smallest absolute Gasteiger partial charge is 0.119 e. The molecule has 2 nitrogen and oxygen atoms in total. The summed E-state index contributed by atoms with van der Waals surface area (Å²) in [6, 6.07) is 19.6. The predicted octanol–water partition coefficient (Wildman–Crippen LogP) is 4.12. The molecule has 3 rings (SSSR count). The van der Waals surface area contributed by atoms with Gasteiger partial charge in [0.15, 0.2) is 0 Å². The van der Waals surface area contributed by atoms with Crippen molar-refractivity contribution in [2.45, 2.75) is 37.8 Å². The Hall–Kier alpha value is -1.80. The van der Waals surface area contributed by atoms with E-state index in [4.69, 9.17) is 4.74 Å². The molecule has 0 heterocycles. The standard InChI is InChI=1S/C19H23NO/c1-20-19(16-5-3-2-4-6-16)14-9-15-7-10-17(11-8-15)21-18-12-13-18/h2-8,10-11,18-20H,9,12-14H2,1H3. The van der Waals surface area contributed by atoms with Gasteiger partial charge in [0.25, 0.3) is 0 Å². The summed E-state index contributed by atoms with van der Waals surface area (Å²) in [5.41, 5.74) is 2.73. The molecule has 1 atom stereocenters. The summed E-state index contributed by atoms with van der Waals surface area (Å²) in [4.78, 5) is 0. The topological polar surface area (TPSA) is 21.3 Å². The first kappa shape index (κ1) is 14.2. The Morgan fingerprint density at radius 2 is 1.76 bits per heavy atom. The first-order chi connectivity index (χ1) is 10.3. The Labute approximate surface area is 127 Å². The van der Waals surface area contributed by atoms with Gasteiger partial charge in [-0.15, -0.1) is 0 Å². The first-order valence-corrected chi connectivity index (χ1v) is 7.83. The van der Waals surface area contributed by atoms with Gasteiger partial charge in [0, 0.05) is 6.04 Å². The van der Waals surface area contributed by atoms with Crippen molar-refractivity contribution in [2.24, 2.45) is 0 Å². The summed E-state index contributed by atoms with van der Waals surface area (Å²) in [6.45, 7) is 0. The van der Waals surface area contributed by atoms with Gasteiger partial charge in [-0.2, -0.15) is 0 Å². The van der Waals surface area contributed by atoms with Gasteiger partial charge in [-0.25, -0.2) is 0 Å². The molecule has 1 fully saturated rings. The highest BCUT2D eigenvalue weighted by atomic mass is 16.5. The molecule has 110 valence electrons. The average molecular weight is 281 g/mol. The molecule has 0 saturated heterocycles. The molecule has 2 heteroatoms. The Morgan fingerprint density at radius 1 is 1.05 bits per heavy atom. The molecule has 0 amide bonds. The summed E-state index contributed by atoms with van der Waals surface area (Å²) >= 11 is 0. The number of hydrogen-bond acceptors (Lipinski definition) is 2.